The lowest BCUT2D eigenvalue weighted by Gasteiger charge is -2.40. The van der Waals surface area contributed by atoms with Crippen molar-refractivity contribution in [3.8, 4) is 0 Å². The Morgan fingerprint density at radius 2 is 1.96 bits per heavy atom. The van der Waals surface area contributed by atoms with Crippen molar-refractivity contribution in [1.29, 1.82) is 0 Å². The molecule has 0 spiro atoms. The van der Waals surface area contributed by atoms with E-state index in [0.29, 0.717) is 31.4 Å². The number of nitrogens with zero attached hydrogens (tertiary/aromatic N) is 1. The molecule has 6 heteroatoms. The summed E-state index contributed by atoms with van der Waals surface area (Å²) < 4.78 is 13.7. The fourth-order valence-corrected chi connectivity index (χ4v) is 4.18. The predicted molar refractivity (Wildman–Crippen MR) is 86.8 cm³/mol. The maximum absolute atomic E-state index is 13.7. The number of carbonyl (C=O) groups is 2. The van der Waals surface area contributed by atoms with Crippen LogP contribution >= 0.6 is 0 Å². The highest BCUT2D eigenvalue weighted by molar-refractivity contribution is 5.89. The van der Waals surface area contributed by atoms with Crippen LogP contribution in [0.4, 0.5) is 4.39 Å². The van der Waals surface area contributed by atoms with Gasteiger partial charge in [0.05, 0.1) is 11.3 Å². The second-order valence-corrected chi connectivity index (χ2v) is 7.04. The van der Waals surface area contributed by atoms with Gasteiger partial charge in [-0.1, -0.05) is 25.0 Å². The molecule has 3 N–H and O–H groups in total. The molecular weight excluding hydrogens is 311 g/mol. The number of carbonyl (C=O) groups excluding carboxylic acids is 1. The average molecular weight is 334 g/mol. The van der Waals surface area contributed by atoms with Gasteiger partial charge in [0, 0.05) is 19.1 Å². The minimum absolute atomic E-state index is 0.105. The van der Waals surface area contributed by atoms with Crippen LogP contribution in [-0.4, -0.2) is 41.0 Å². The van der Waals surface area contributed by atoms with Crippen molar-refractivity contribution in [2.24, 2.45) is 11.7 Å². The van der Waals surface area contributed by atoms with E-state index in [4.69, 9.17) is 5.73 Å². The number of nitrogens with two attached hydrogens (primary N) is 1. The number of carboxylic acids is 1. The molecular formula is C18H23FN2O3. The van der Waals surface area contributed by atoms with Crippen LogP contribution in [-0.2, 0) is 15.0 Å². The van der Waals surface area contributed by atoms with E-state index in [1.54, 1.807) is 17.0 Å². The summed E-state index contributed by atoms with van der Waals surface area (Å²) in [7, 11) is 0. The first-order valence-electron chi connectivity index (χ1n) is 8.46. The quantitative estimate of drug-likeness (QED) is 0.884. The second kappa shape index (κ2) is 6.51. The smallest absolute Gasteiger partial charge is 0.308 e. The maximum atomic E-state index is 13.7. The first kappa shape index (κ1) is 16.9. The molecule has 1 saturated heterocycles. The number of benzene rings is 1. The first-order chi connectivity index (χ1) is 11.4. The fraction of sp³-hybridized carbons (Fsp3) is 0.556. The summed E-state index contributed by atoms with van der Waals surface area (Å²) >= 11 is 0. The van der Waals surface area contributed by atoms with Crippen LogP contribution in [0.3, 0.4) is 0 Å². The molecule has 3 rings (SSSR count). The standard InChI is InChI=1S/C18H23FN2O3/c19-14-5-3-4-13(9-14)18(6-1-2-7-18)17(24)21-10-12(16(22)23)8-15(20)11-21/h3-5,9,12,15H,1-2,6-8,10-11,20H2,(H,22,23). The lowest BCUT2D eigenvalue weighted by Crippen LogP contribution is -2.55. The monoisotopic (exact) mass is 334 g/mol. The number of hydrogen-bond donors (Lipinski definition) is 2. The van der Waals surface area contributed by atoms with Gasteiger partial charge >= 0.3 is 5.97 Å². The van der Waals surface area contributed by atoms with E-state index in [2.05, 4.69) is 0 Å². The van der Waals surface area contributed by atoms with E-state index < -0.39 is 17.3 Å². The van der Waals surface area contributed by atoms with Crippen LogP contribution in [0.5, 0.6) is 0 Å². The van der Waals surface area contributed by atoms with Gasteiger partial charge in [0.15, 0.2) is 0 Å². The van der Waals surface area contributed by atoms with Crippen LogP contribution in [0.15, 0.2) is 24.3 Å². The number of rotatable bonds is 3. The fourth-order valence-electron chi connectivity index (χ4n) is 4.18. The highest BCUT2D eigenvalue weighted by Crippen LogP contribution is 2.43. The minimum Gasteiger partial charge on any atom is -0.481 e. The minimum atomic E-state index is -0.922. The lowest BCUT2D eigenvalue weighted by molar-refractivity contribution is -0.148. The highest BCUT2D eigenvalue weighted by Gasteiger charge is 2.47. The van der Waals surface area contributed by atoms with Crippen molar-refractivity contribution in [2.75, 3.05) is 13.1 Å². The van der Waals surface area contributed by atoms with Gasteiger partial charge in [-0.05, 0) is 37.0 Å². The summed E-state index contributed by atoms with van der Waals surface area (Å²) in [5.74, 6) is -2.02. The molecule has 0 bridgehead atoms. The largest absolute Gasteiger partial charge is 0.481 e. The van der Waals surface area contributed by atoms with E-state index >= 15 is 0 Å². The van der Waals surface area contributed by atoms with Gasteiger partial charge in [-0.25, -0.2) is 4.39 Å². The number of halogens is 1. The number of piperidine rings is 1. The summed E-state index contributed by atoms with van der Waals surface area (Å²) in [4.78, 5) is 26.2. The van der Waals surface area contributed by atoms with E-state index in [0.717, 1.165) is 12.8 Å². The number of likely N-dealkylation sites (tertiary alicyclic amines) is 1. The van der Waals surface area contributed by atoms with E-state index in [1.165, 1.54) is 12.1 Å². The topological polar surface area (TPSA) is 83.6 Å². The number of amides is 1. The van der Waals surface area contributed by atoms with Crippen molar-refractivity contribution in [2.45, 2.75) is 43.6 Å². The van der Waals surface area contributed by atoms with Crippen LogP contribution in [0.1, 0.15) is 37.7 Å². The van der Waals surface area contributed by atoms with Crippen LogP contribution in [0, 0.1) is 11.7 Å². The molecule has 0 aromatic heterocycles. The Hall–Kier alpha value is -1.95. The molecule has 2 atom stereocenters. The Morgan fingerprint density at radius 1 is 1.25 bits per heavy atom. The van der Waals surface area contributed by atoms with Crippen molar-refractivity contribution in [3.63, 3.8) is 0 Å². The third-order valence-electron chi connectivity index (χ3n) is 5.36. The van der Waals surface area contributed by atoms with Crippen molar-refractivity contribution in [3.05, 3.63) is 35.6 Å². The third kappa shape index (κ3) is 3.02. The Kier molecular flexibility index (Phi) is 4.58. The van der Waals surface area contributed by atoms with Gasteiger partial charge in [-0.3, -0.25) is 9.59 Å². The van der Waals surface area contributed by atoms with Gasteiger partial charge in [-0.2, -0.15) is 0 Å². The zero-order chi connectivity index (χ0) is 17.3. The molecule has 0 radical (unpaired) electrons. The summed E-state index contributed by atoms with van der Waals surface area (Å²) in [6, 6.07) is 5.88. The Bertz CT molecular complexity index is 643. The van der Waals surface area contributed by atoms with Crippen molar-refractivity contribution < 1.29 is 19.1 Å². The predicted octanol–water partition coefficient (Wildman–Crippen LogP) is 1.90. The molecule has 1 aliphatic carbocycles. The van der Waals surface area contributed by atoms with Gasteiger partial charge < -0.3 is 15.7 Å². The number of aliphatic carboxylic acids is 1. The van der Waals surface area contributed by atoms with E-state index in [-0.39, 0.29) is 24.3 Å². The molecule has 24 heavy (non-hydrogen) atoms. The second-order valence-electron chi connectivity index (χ2n) is 7.04. The molecule has 2 unspecified atom stereocenters. The maximum Gasteiger partial charge on any atom is 0.308 e. The molecule has 1 aliphatic heterocycles. The van der Waals surface area contributed by atoms with Gasteiger partial charge in [0.1, 0.15) is 5.82 Å². The summed E-state index contributed by atoms with van der Waals surface area (Å²) in [6.07, 6.45) is 3.53. The highest BCUT2D eigenvalue weighted by atomic mass is 19.1. The molecule has 130 valence electrons. The van der Waals surface area contributed by atoms with Gasteiger partial charge in [-0.15, -0.1) is 0 Å². The zero-order valence-corrected chi connectivity index (χ0v) is 13.6. The molecule has 1 aromatic rings. The van der Waals surface area contributed by atoms with Crippen LogP contribution in [0.2, 0.25) is 0 Å². The average Bonchev–Trinajstić information content (AvgIpc) is 3.04. The molecule has 1 amide bonds. The third-order valence-corrected chi connectivity index (χ3v) is 5.36. The molecule has 1 heterocycles. The van der Waals surface area contributed by atoms with E-state index in [1.807, 2.05) is 0 Å². The van der Waals surface area contributed by atoms with Crippen LogP contribution < -0.4 is 5.73 Å². The number of hydrogen-bond acceptors (Lipinski definition) is 3. The Morgan fingerprint density at radius 3 is 2.58 bits per heavy atom. The molecule has 2 aliphatic rings. The lowest BCUT2D eigenvalue weighted by atomic mass is 9.76. The van der Waals surface area contributed by atoms with Crippen molar-refractivity contribution >= 4 is 11.9 Å². The zero-order valence-electron chi connectivity index (χ0n) is 13.6. The Labute approximate surface area is 140 Å². The summed E-state index contributed by atoms with van der Waals surface area (Å²) in [5.41, 5.74) is 5.92. The normalized spacial score (nSPS) is 26.3. The van der Waals surface area contributed by atoms with Gasteiger partial charge in [0.25, 0.3) is 0 Å². The summed E-state index contributed by atoms with van der Waals surface area (Å²) in [5, 5.41) is 9.30. The molecule has 5 nitrogen and oxygen atoms in total. The summed E-state index contributed by atoms with van der Waals surface area (Å²) in [6.45, 7) is 0.540. The Balaban J connectivity index is 1.91. The molecule has 1 saturated carbocycles. The SMILES string of the molecule is NC1CC(C(=O)O)CN(C(=O)C2(c3cccc(F)c3)CCCC2)C1. The number of carboxylic acid groups (broad SMARTS) is 1. The van der Waals surface area contributed by atoms with Crippen molar-refractivity contribution in [1.82, 2.24) is 4.90 Å². The van der Waals surface area contributed by atoms with Gasteiger partial charge in [0.2, 0.25) is 5.91 Å². The molecule has 1 aromatic carbocycles. The molecule has 2 fully saturated rings. The van der Waals surface area contributed by atoms with Crippen LogP contribution in [0.25, 0.3) is 0 Å². The first-order valence-corrected chi connectivity index (χ1v) is 8.46. The van der Waals surface area contributed by atoms with E-state index in [9.17, 15) is 19.1 Å².